The van der Waals surface area contributed by atoms with Crippen LogP contribution >= 0.6 is 11.3 Å². The van der Waals surface area contributed by atoms with Gasteiger partial charge in [0.1, 0.15) is 11.6 Å². The maximum Gasteiger partial charge on any atom is 0.306 e. The Morgan fingerprint density at radius 1 is 1.00 bits per heavy atom. The molecular weight excluding hydrogens is 396 g/mol. The van der Waals surface area contributed by atoms with Gasteiger partial charge in [-0.05, 0) is 47.2 Å². The fourth-order valence-corrected chi connectivity index (χ4v) is 3.59. The SMILES string of the molecule is O=C(COC(=O)CCc1ccccc1F)N[C@@H](c1ccc(F)cc1)c1cccs1. The van der Waals surface area contributed by atoms with Crippen molar-refractivity contribution in [3.8, 4) is 0 Å². The molecule has 0 aliphatic rings. The van der Waals surface area contributed by atoms with Gasteiger partial charge in [-0.3, -0.25) is 9.59 Å². The van der Waals surface area contributed by atoms with E-state index in [1.54, 1.807) is 30.3 Å². The zero-order valence-electron chi connectivity index (χ0n) is 15.4. The number of amides is 1. The highest BCUT2D eigenvalue weighted by Crippen LogP contribution is 2.26. The predicted molar refractivity (Wildman–Crippen MR) is 106 cm³/mol. The molecule has 0 aliphatic heterocycles. The van der Waals surface area contributed by atoms with E-state index in [0.717, 1.165) is 4.88 Å². The first-order chi connectivity index (χ1) is 14.0. The van der Waals surface area contributed by atoms with Gasteiger partial charge in [0, 0.05) is 11.3 Å². The van der Waals surface area contributed by atoms with Gasteiger partial charge in [-0.2, -0.15) is 0 Å². The summed E-state index contributed by atoms with van der Waals surface area (Å²) in [4.78, 5) is 25.1. The summed E-state index contributed by atoms with van der Waals surface area (Å²) in [5.74, 6) is -1.81. The summed E-state index contributed by atoms with van der Waals surface area (Å²) in [6.07, 6.45) is 0.168. The fourth-order valence-electron chi connectivity index (χ4n) is 2.79. The van der Waals surface area contributed by atoms with Gasteiger partial charge in [0.05, 0.1) is 6.04 Å². The molecule has 0 spiro atoms. The lowest BCUT2D eigenvalue weighted by Gasteiger charge is -2.18. The largest absolute Gasteiger partial charge is 0.456 e. The van der Waals surface area contributed by atoms with Crippen LogP contribution in [0.3, 0.4) is 0 Å². The standard InChI is InChI=1S/C22H19F2NO3S/c23-17-10-7-16(8-11-17)22(19-6-3-13-29-19)25-20(26)14-28-21(27)12-9-15-4-1-2-5-18(15)24/h1-8,10-11,13,22H,9,12,14H2,(H,25,26)/t22-/m0/s1. The fraction of sp³-hybridized carbons (Fsp3) is 0.182. The second kappa shape index (κ2) is 9.93. The average Bonchev–Trinajstić information content (AvgIpc) is 3.25. The van der Waals surface area contributed by atoms with Crippen LogP contribution in [0.25, 0.3) is 0 Å². The van der Waals surface area contributed by atoms with Crippen molar-refractivity contribution in [2.24, 2.45) is 0 Å². The van der Waals surface area contributed by atoms with Crippen LogP contribution in [0.2, 0.25) is 0 Å². The minimum atomic E-state index is -0.585. The Morgan fingerprint density at radius 2 is 1.76 bits per heavy atom. The van der Waals surface area contributed by atoms with Crippen molar-refractivity contribution in [1.82, 2.24) is 5.32 Å². The molecule has 1 amide bonds. The van der Waals surface area contributed by atoms with E-state index in [9.17, 15) is 18.4 Å². The lowest BCUT2D eigenvalue weighted by Crippen LogP contribution is -2.32. The summed E-state index contributed by atoms with van der Waals surface area (Å²) in [5, 5.41) is 4.68. The summed E-state index contributed by atoms with van der Waals surface area (Å²) in [6.45, 7) is -0.445. The summed E-state index contributed by atoms with van der Waals surface area (Å²) in [5.41, 5.74) is 1.14. The lowest BCUT2D eigenvalue weighted by molar-refractivity contribution is -0.148. The number of esters is 1. The van der Waals surface area contributed by atoms with Crippen molar-refractivity contribution in [1.29, 1.82) is 0 Å². The molecule has 150 valence electrons. The quantitative estimate of drug-likeness (QED) is 0.555. The number of rotatable bonds is 8. The number of halogens is 2. The van der Waals surface area contributed by atoms with Gasteiger partial charge >= 0.3 is 5.97 Å². The average molecular weight is 415 g/mol. The van der Waals surface area contributed by atoms with Crippen molar-refractivity contribution in [2.45, 2.75) is 18.9 Å². The molecule has 0 unspecified atom stereocenters. The number of aryl methyl sites for hydroxylation is 1. The van der Waals surface area contributed by atoms with Crippen LogP contribution in [-0.2, 0) is 20.7 Å². The molecule has 4 nitrogen and oxygen atoms in total. The first-order valence-electron chi connectivity index (χ1n) is 9.00. The molecule has 0 aliphatic carbocycles. The first-order valence-corrected chi connectivity index (χ1v) is 9.88. The van der Waals surface area contributed by atoms with Gasteiger partial charge in [0.15, 0.2) is 6.61 Å². The third kappa shape index (κ3) is 5.96. The van der Waals surface area contributed by atoms with Gasteiger partial charge in [0.25, 0.3) is 5.91 Å². The number of hydrogen-bond acceptors (Lipinski definition) is 4. The molecule has 3 aromatic rings. The smallest absolute Gasteiger partial charge is 0.306 e. The van der Waals surface area contributed by atoms with E-state index in [-0.39, 0.29) is 24.5 Å². The summed E-state index contributed by atoms with van der Waals surface area (Å²) >= 11 is 1.45. The van der Waals surface area contributed by atoms with E-state index in [0.29, 0.717) is 11.1 Å². The molecule has 1 aromatic heterocycles. The number of nitrogens with one attached hydrogen (secondary N) is 1. The Bertz CT molecular complexity index is 958. The molecule has 1 heterocycles. The highest BCUT2D eigenvalue weighted by atomic mass is 32.1. The van der Waals surface area contributed by atoms with Crippen LogP contribution in [-0.4, -0.2) is 18.5 Å². The molecule has 2 aromatic carbocycles. The Hall–Kier alpha value is -3.06. The second-order valence-electron chi connectivity index (χ2n) is 6.32. The molecule has 0 saturated heterocycles. The Labute approximate surface area is 171 Å². The van der Waals surface area contributed by atoms with Crippen LogP contribution in [0.5, 0.6) is 0 Å². The van der Waals surface area contributed by atoms with E-state index in [1.165, 1.54) is 29.5 Å². The monoisotopic (exact) mass is 415 g/mol. The van der Waals surface area contributed by atoms with Crippen LogP contribution in [0.4, 0.5) is 8.78 Å². The van der Waals surface area contributed by atoms with Crippen LogP contribution in [0.15, 0.2) is 66.0 Å². The molecule has 0 saturated carbocycles. The predicted octanol–water partition coefficient (Wildman–Crippen LogP) is 4.41. The van der Waals surface area contributed by atoms with Crippen LogP contribution < -0.4 is 5.32 Å². The molecule has 0 fully saturated rings. The topological polar surface area (TPSA) is 55.4 Å². The van der Waals surface area contributed by atoms with E-state index < -0.39 is 24.5 Å². The maximum atomic E-state index is 13.6. The van der Waals surface area contributed by atoms with E-state index >= 15 is 0 Å². The summed E-state index contributed by atoms with van der Waals surface area (Å²) in [7, 11) is 0. The van der Waals surface area contributed by atoms with Crippen molar-refractivity contribution >= 4 is 23.2 Å². The minimum absolute atomic E-state index is 0.0273. The van der Waals surface area contributed by atoms with Crippen LogP contribution in [0.1, 0.15) is 28.5 Å². The zero-order valence-corrected chi connectivity index (χ0v) is 16.3. The first kappa shape index (κ1) is 20.7. The molecule has 3 rings (SSSR count). The maximum absolute atomic E-state index is 13.6. The third-order valence-electron chi connectivity index (χ3n) is 4.26. The van der Waals surface area contributed by atoms with Gasteiger partial charge in [0.2, 0.25) is 0 Å². The van der Waals surface area contributed by atoms with Crippen LogP contribution in [0, 0.1) is 11.6 Å². The highest BCUT2D eigenvalue weighted by Gasteiger charge is 2.19. The zero-order chi connectivity index (χ0) is 20.6. The van der Waals surface area contributed by atoms with Gasteiger partial charge in [-0.15, -0.1) is 11.3 Å². The number of hydrogen-bond donors (Lipinski definition) is 1. The molecule has 0 bridgehead atoms. The van der Waals surface area contributed by atoms with Crippen molar-refractivity contribution < 1.29 is 23.1 Å². The molecule has 1 atom stereocenters. The Kier molecular flexibility index (Phi) is 7.08. The lowest BCUT2D eigenvalue weighted by atomic mass is 10.1. The third-order valence-corrected chi connectivity index (χ3v) is 5.19. The van der Waals surface area contributed by atoms with Gasteiger partial charge in [-0.25, -0.2) is 8.78 Å². The number of ether oxygens (including phenoxy) is 1. The van der Waals surface area contributed by atoms with Gasteiger partial charge < -0.3 is 10.1 Å². The van der Waals surface area contributed by atoms with Crippen molar-refractivity contribution in [3.63, 3.8) is 0 Å². The van der Waals surface area contributed by atoms with E-state index in [4.69, 9.17) is 4.74 Å². The number of carbonyl (C=O) groups is 2. The molecule has 1 N–H and O–H groups in total. The van der Waals surface area contributed by atoms with Gasteiger partial charge in [-0.1, -0.05) is 36.4 Å². The molecular formula is C22H19F2NO3S. The molecule has 29 heavy (non-hydrogen) atoms. The van der Waals surface area contributed by atoms with Crippen molar-refractivity contribution in [2.75, 3.05) is 6.61 Å². The normalized spacial score (nSPS) is 11.7. The molecule has 7 heteroatoms. The minimum Gasteiger partial charge on any atom is -0.456 e. The number of thiophene rings is 1. The Morgan fingerprint density at radius 3 is 2.45 bits per heavy atom. The summed E-state index contributed by atoms with van der Waals surface area (Å²) in [6, 6.07) is 15.3. The highest BCUT2D eigenvalue weighted by molar-refractivity contribution is 7.10. The number of benzene rings is 2. The van der Waals surface area contributed by atoms with Crippen molar-refractivity contribution in [3.05, 3.63) is 93.7 Å². The Balaban J connectivity index is 1.54. The molecule has 0 radical (unpaired) electrons. The number of carbonyl (C=O) groups excluding carboxylic acids is 2. The van der Waals surface area contributed by atoms with E-state index in [1.807, 2.05) is 17.5 Å². The summed E-state index contributed by atoms with van der Waals surface area (Å²) < 4.78 is 31.8. The van der Waals surface area contributed by atoms with E-state index in [2.05, 4.69) is 5.32 Å². The second-order valence-corrected chi connectivity index (χ2v) is 7.30.